The van der Waals surface area contributed by atoms with Gasteiger partial charge in [-0.1, -0.05) is 12.1 Å². The van der Waals surface area contributed by atoms with E-state index in [9.17, 15) is 9.59 Å². The summed E-state index contributed by atoms with van der Waals surface area (Å²) in [5, 5.41) is 0. The van der Waals surface area contributed by atoms with Crippen molar-refractivity contribution in [2.24, 2.45) is 0 Å². The zero-order chi connectivity index (χ0) is 19.9. The average molecular weight is 400 g/mol. The SMILES string of the molecule is COc1ccc(C(C)=O)cc1COC(=O)c1ccccc1SC[C@@H]1CCCO1. The molecule has 0 saturated carbocycles. The molecule has 0 amide bonds. The maximum atomic E-state index is 12.7. The van der Waals surface area contributed by atoms with Crippen molar-refractivity contribution < 1.29 is 23.8 Å². The van der Waals surface area contributed by atoms with Gasteiger partial charge in [-0.2, -0.15) is 0 Å². The highest BCUT2D eigenvalue weighted by Gasteiger charge is 2.19. The zero-order valence-corrected chi connectivity index (χ0v) is 16.9. The molecule has 5 nitrogen and oxygen atoms in total. The van der Waals surface area contributed by atoms with Gasteiger partial charge in [0.2, 0.25) is 0 Å². The molecule has 1 aliphatic heterocycles. The number of thioether (sulfide) groups is 1. The van der Waals surface area contributed by atoms with E-state index in [4.69, 9.17) is 14.2 Å². The van der Waals surface area contributed by atoms with Crippen LogP contribution in [-0.2, 0) is 16.1 Å². The Morgan fingerprint density at radius 1 is 1.21 bits per heavy atom. The molecule has 1 heterocycles. The number of carbonyl (C=O) groups is 2. The normalized spacial score (nSPS) is 16.0. The largest absolute Gasteiger partial charge is 0.496 e. The molecular formula is C22H24O5S. The molecule has 0 aliphatic carbocycles. The smallest absolute Gasteiger partial charge is 0.339 e. The average Bonchev–Trinajstić information content (AvgIpc) is 3.24. The molecular weight excluding hydrogens is 376 g/mol. The van der Waals surface area contributed by atoms with Gasteiger partial charge < -0.3 is 14.2 Å². The first kappa shape index (κ1) is 20.4. The van der Waals surface area contributed by atoms with Crippen molar-refractivity contribution in [3.8, 4) is 5.75 Å². The number of Topliss-reactive ketones (excluding diaryl/α,β-unsaturated/α-hetero) is 1. The minimum absolute atomic E-state index is 0.0356. The number of methoxy groups -OCH3 is 1. The molecule has 6 heteroatoms. The number of hydrogen-bond acceptors (Lipinski definition) is 6. The van der Waals surface area contributed by atoms with Crippen molar-refractivity contribution >= 4 is 23.5 Å². The third-order valence-electron chi connectivity index (χ3n) is 4.60. The quantitative estimate of drug-likeness (QED) is 0.369. The van der Waals surface area contributed by atoms with Gasteiger partial charge in [0.25, 0.3) is 0 Å². The predicted octanol–water partition coefficient (Wildman–Crippen LogP) is 4.53. The third-order valence-corrected chi connectivity index (χ3v) is 5.81. The summed E-state index contributed by atoms with van der Waals surface area (Å²) in [6.07, 6.45) is 2.40. The lowest BCUT2D eigenvalue weighted by molar-refractivity contribution is 0.0466. The molecule has 0 unspecified atom stereocenters. The minimum atomic E-state index is -0.397. The van der Waals surface area contributed by atoms with Crippen LogP contribution in [0.2, 0.25) is 0 Å². The maximum Gasteiger partial charge on any atom is 0.339 e. The van der Waals surface area contributed by atoms with Crippen molar-refractivity contribution in [1.29, 1.82) is 0 Å². The van der Waals surface area contributed by atoms with Crippen molar-refractivity contribution in [2.45, 2.75) is 37.4 Å². The first-order chi connectivity index (χ1) is 13.6. The Labute approximate surface area is 169 Å². The summed E-state index contributed by atoms with van der Waals surface area (Å²) < 4.78 is 16.5. The zero-order valence-electron chi connectivity index (χ0n) is 16.1. The van der Waals surface area contributed by atoms with Crippen molar-refractivity contribution in [3.63, 3.8) is 0 Å². The fourth-order valence-electron chi connectivity index (χ4n) is 3.05. The van der Waals surface area contributed by atoms with E-state index in [0.29, 0.717) is 22.4 Å². The van der Waals surface area contributed by atoms with Crippen molar-refractivity contribution in [3.05, 3.63) is 59.2 Å². The van der Waals surface area contributed by atoms with Crippen LogP contribution in [0, 0.1) is 0 Å². The summed E-state index contributed by atoms with van der Waals surface area (Å²) in [5.41, 5.74) is 1.75. The summed E-state index contributed by atoms with van der Waals surface area (Å²) in [4.78, 5) is 25.2. The van der Waals surface area contributed by atoms with E-state index < -0.39 is 5.97 Å². The van der Waals surface area contributed by atoms with Crippen LogP contribution in [0.4, 0.5) is 0 Å². The second kappa shape index (κ2) is 9.75. The number of ketones is 1. The Morgan fingerprint density at radius 2 is 2.04 bits per heavy atom. The summed E-state index contributed by atoms with van der Waals surface area (Å²) in [7, 11) is 1.55. The monoisotopic (exact) mass is 400 g/mol. The Hall–Kier alpha value is -2.31. The standard InChI is InChI=1S/C22H24O5S/c1-15(23)16-9-10-20(25-2)17(12-16)13-27-22(24)19-7-3-4-8-21(19)28-14-18-6-5-11-26-18/h3-4,7-10,12,18H,5-6,11,13-14H2,1-2H3/t18-/m0/s1. The van der Waals surface area contributed by atoms with E-state index in [1.807, 2.05) is 18.2 Å². The molecule has 1 aliphatic rings. The number of esters is 1. The van der Waals surface area contributed by atoms with Gasteiger partial charge in [-0.25, -0.2) is 4.79 Å². The highest BCUT2D eigenvalue weighted by Crippen LogP contribution is 2.28. The van der Waals surface area contributed by atoms with Crippen LogP contribution >= 0.6 is 11.8 Å². The Bertz CT molecular complexity index is 843. The molecule has 1 atom stereocenters. The van der Waals surface area contributed by atoms with Gasteiger partial charge in [0.05, 0.1) is 18.8 Å². The molecule has 0 aromatic heterocycles. The molecule has 2 aromatic rings. The third kappa shape index (κ3) is 5.14. The minimum Gasteiger partial charge on any atom is -0.496 e. The van der Waals surface area contributed by atoms with E-state index in [-0.39, 0.29) is 18.5 Å². The van der Waals surface area contributed by atoms with Gasteiger partial charge in [-0.3, -0.25) is 4.79 Å². The van der Waals surface area contributed by atoms with Gasteiger partial charge in [0.15, 0.2) is 5.78 Å². The number of benzene rings is 2. The van der Waals surface area contributed by atoms with E-state index in [2.05, 4.69) is 0 Å². The van der Waals surface area contributed by atoms with Crippen LogP contribution in [0.25, 0.3) is 0 Å². The first-order valence-electron chi connectivity index (χ1n) is 9.27. The highest BCUT2D eigenvalue weighted by atomic mass is 32.2. The van der Waals surface area contributed by atoms with Gasteiger partial charge in [-0.05, 0) is 50.1 Å². The van der Waals surface area contributed by atoms with Crippen LogP contribution in [0.5, 0.6) is 5.75 Å². The van der Waals surface area contributed by atoms with Crippen molar-refractivity contribution in [1.82, 2.24) is 0 Å². The molecule has 1 fully saturated rings. The molecule has 1 saturated heterocycles. The summed E-state index contributed by atoms with van der Waals surface area (Å²) >= 11 is 1.61. The Morgan fingerprint density at radius 3 is 2.75 bits per heavy atom. The molecule has 0 radical (unpaired) electrons. The summed E-state index contributed by atoms with van der Waals surface area (Å²) in [6, 6.07) is 12.5. The van der Waals surface area contributed by atoms with Crippen LogP contribution in [-0.4, -0.2) is 37.3 Å². The highest BCUT2D eigenvalue weighted by molar-refractivity contribution is 7.99. The molecule has 0 spiro atoms. The van der Waals surface area contributed by atoms with Gasteiger partial charge in [0.1, 0.15) is 12.4 Å². The fourth-order valence-corrected chi connectivity index (χ4v) is 4.16. The Kier molecular flexibility index (Phi) is 7.12. The second-order valence-corrected chi connectivity index (χ2v) is 7.66. The lowest BCUT2D eigenvalue weighted by atomic mass is 10.1. The molecule has 0 N–H and O–H groups in total. The van der Waals surface area contributed by atoms with E-state index in [0.717, 1.165) is 30.1 Å². The lowest BCUT2D eigenvalue weighted by Gasteiger charge is -2.13. The topological polar surface area (TPSA) is 61.8 Å². The van der Waals surface area contributed by atoms with E-state index >= 15 is 0 Å². The van der Waals surface area contributed by atoms with Crippen LogP contribution < -0.4 is 4.74 Å². The van der Waals surface area contributed by atoms with Gasteiger partial charge in [-0.15, -0.1) is 11.8 Å². The fraction of sp³-hybridized carbons (Fsp3) is 0.364. The van der Waals surface area contributed by atoms with Crippen LogP contribution in [0.3, 0.4) is 0 Å². The lowest BCUT2D eigenvalue weighted by Crippen LogP contribution is -2.10. The number of rotatable bonds is 8. The van der Waals surface area contributed by atoms with E-state index in [1.54, 1.807) is 43.1 Å². The second-order valence-electron chi connectivity index (χ2n) is 6.60. The molecule has 148 valence electrons. The predicted molar refractivity (Wildman–Crippen MR) is 108 cm³/mol. The summed E-state index contributed by atoms with van der Waals surface area (Å²) in [5.74, 6) is 0.953. The van der Waals surface area contributed by atoms with Gasteiger partial charge in [0, 0.05) is 28.4 Å². The maximum absolute atomic E-state index is 12.7. The summed E-state index contributed by atoms with van der Waals surface area (Å²) in [6.45, 7) is 2.35. The first-order valence-corrected chi connectivity index (χ1v) is 10.3. The molecule has 3 rings (SSSR count). The van der Waals surface area contributed by atoms with Crippen LogP contribution in [0.1, 0.15) is 46.0 Å². The number of ether oxygens (including phenoxy) is 3. The number of hydrogen-bond donors (Lipinski definition) is 0. The Balaban J connectivity index is 1.68. The van der Waals surface area contributed by atoms with Crippen molar-refractivity contribution in [2.75, 3.05) is 19.5 Å². The van der Waals surface area contributed by atoms with E-state index in [1.165, 1.54) is 6.92 Å². The number of carbonyl (C=O) groups excluding carboxylic acids is 2. The molecule has 28 heavy (non-hydrogen) atoms. The molecule has 2 aromatic carbocycles. The van der Waals surface area contributed by atoms with Crippen LogP contribution in [0.15, 0.2) is 47.4 Å². The molecule has 0 bridgehead atoms. The van der Waals surface area contributed by atoms with Gasteiger partial charge >= 0.3 is 5.97 Å².